The lowest BCUT2D eigenvalue weighted by Gasteiger charge is -2.28. The van der Waals surface area contributed by atoms with Crippen molar-refractivity contribution in [2.75, 3.05) is 37.9 Å². The van der Waals surface area contributed by atoms with Gasteiger partial charge in [0.15, 0.2) is 0 Å². The summed E-state index contributed by atoms with van der Waals surface area (Å²) >= 11 is 1.63. The van der Waals surface area contributed by atoms with E-state index in [9.17, 15) is 9.90 Å². The SMILES string of the molecule is COc1cc(-c2csc3c(/C=C/CN4CCC(O)CC4)cnc(N)c23)ccc1NNC(=O)c1cc2ccccc2n1C. The summed E-state index contributed by atoms with van der Waals surface area (Å²) < 4.78 is 8.63. The highest BCUT2D eigenvalue weighted by Crippen LogP contribution is 2.41. The average Bonchev–Trinajstić information content (AvgIpc) is 3.61. The van der Waals surface area contributed by atoms with Crippen LogP contribution in [0.3, 0.4) is 0 Å². The summed E-state index contributed by atoms with van der Waals surface area (Å²) in [6.07, 6.45) is 7.55. The van der Waals surface area contributed by atoms with Gasteiger partial charge in [0.25, 0.3) is 5.91 Å². The Bertz CT molecular complexity index is 1780. The number of aliphatic hydroxyl groups excluding tert-OH is 1. The minimum atomic E-state index is -0.249. The molecule has 0 atom stereocenters. The number of hydrogen-bond donors (Lipinski definition) is 4. The first-order chi connectivity index (χ1) is 20.4. The van der Waals surface area contributed by atoms with Gasteiger partial charge in [-0.15, -0.1) is 11.3 Å². The number of nitrogens with one attached hydrogen (secondary N) is 2. The Kier molecular flexibility index (Phi) is 7.84. The molecule has 0 saturated carbocycles. The number of aliphatic hydroxyl groups is 1. The van der Waals surface area contributed by atoms with Crippen LogP contribution in [0.2, 0.25) is 0 Å². The number of likely N-dealkylation sites (tertiary alicyclic amines) is 1. The molecule has 3 aromatic heterocycles. The van der Waals surface area contributed by atoms with E-state index >= 15 is 0 Å². The lowest BCUT2D eigenvalue weighted by Crippen LogP contribution is -2.35. The number of hydrogen-bond acceptors (Lipinski definition) is 8. The van der Waals surface area contributed by atoms with Crippen molar-refractivity contribution in [3.8, 4) is 16.9 Å². The Morgan fingerprint density at radius 2 is 2.02 bits per heavy atom. The third-order valence-corrected chi connectivity index (χ3v) is 8.91. The normalized spacial score (nSPS) is 14.6. The van der Waals surface area contributed by atoms with Gasteiger partial charge < -0.3 is 20.1 Å². The van der Waals surface area contributed by atoms with Crippen LogP contribution < -0.4 is 21.3 Å². The van der Waals surface area contributed by atoms with Crippen molar-refractivity contribution in [1.29, 1.82) is 0 Å². The number of rotatable bonds is 8. The summed E-state index contributed by atoms with van der Waals surface area (Å²) in [5.41, 5.74) is 17.3. The fourth-order valence-electron chi connectivity index (χ4n) is 5.51. The number of carbonyl (C=O) groups excluding carboxylic acids is 1. The molecule has 4 heterocycles. The Hall–Kier alpha value is -4.38. The number of hydrazine groups is 1. The van der Waals surface area contributed by atoms with Crippen LogP contribution in [-0.4, -0.2) is 58.3 Å². The molecule has 9 nitrogen and oxygen atoms in total. The van der Waals surface area contributed by atoms with E-state index in [1.165, 1.54) is 0 Å². The van der Waals surface area contributed by atoms with Gasteiger partial charge in [0, 0.05) is 65.0 Å². The first-order valence-corrected chi connectivity index (χ1v) is 14.8. The summed E-state index contributed by atoms with van der Waals surface area (Å²) in [5, 5.41) is 13.8. The molecule has 1 aliphatic rings. The Labute approximate surface area is 248 Å². The number of benzene rings is 2. The van der Waals surface area contributed by atoms with Gasteiger partial charge in [0.1, 0.15) is 17.3 Å². The first-order valence-electron chi connectivity index (χ1n) is 13.9. The fourth-order valence-corrected chi connectivity index (χ4v) is 6.58. The molecule has 0 aliphatic carbocycles. The third kappa shape index (κ3) is 5.44. The van der Waals surface area contributed by atoms with Gasteiger partial charge in [0.05, 0.1) is 18.9 Å². The van der Waals surface area contributed by atoms with Crippen molar-refractivity contribution in [2.24, 2.45) is 7.05 Å². The largest absolute Gasteiger partial charge is 0.494 e. The van der Waals surface area contributed by atoms with E-state index in [-0.39, 0.29) is 12.0 Å². The maximum atomic E-state index is 13.0. The highest BCUT2D eigenvalue weighted by atomic mass is 32.1. The van der Waals surface area contributed by atoms with Gasteiger partial charge in [-0.1, -0.05) is 36.4 Å². The number of thiophene rings is 1. The lowest BCUT2D eigenvalue weighted by atomic mass is 10.0. The fraction of sp³-hybridized carbons (Fsp3) is 0.250. The predicted molar refractivity (Wildman–Crippen MR) is 171 cm³/mol. The number of nitrogens with zero attached hydrogens (tertiary/aromatic N) is 3. The Morgan fingerprint density at radius 1 is 1.21 bits per heavy atom. The number of nitrogen functional groups attached to an aromatic ring is 1. The number of piperidine rings is 1. The molecule has 42 heavy (non-hydrogen) atoms. The maximum absolute atomic E-state index is 13.0. The summed E-state index contributed by atoms with van der Waals surface area (Å²) in [7, 11) is 3.48. The van der Waals surface area contributed by atoms with E-state index in [1.807, 2.05) is 66.3 Å². The monoisotopic (exact) mass is 582 g/mol. The quantitative estimate of drug-likeness (QED) is 0.184. The summed E-state index contributed by atoms with van der Waals surface area (Å²) in [4.78, 5) is 19.8. The van der Waals surface area contributed by atoms with Crippen molar-refractivity contribution < 1.29 is 14.6 Å². The molecule has 216 valence electrons. The van der Waals surface area contributed by atoms with E-state index < -0.39 is 0 Å². The van der Waals surface area contributed by atoms with Gasteiger partial charge in [-0.05, 0) is 48.1 Å². The van der Waals surface area contributed by atoms with Crippen LogP contribution in [0.4, 0.5) is 11.5 Å². The van der Waals surface area contributed by atoms with Gasteiger partial charge in [-0.25, -0.2) is 4.98 Å². The Morgan fingerprint density at radius 3 is 2.81 bits per heavy atom. The predicted octanol–water partition coefficient (Wildman–Crippen LogP) is 5.27. The van der Waals surface area contributed by atoms with Crippen LogP contribution >= 0.6 is 11.3 Å². The second kappa shape index (κ2) is 11.8. The van der Waals surface area contributed by atoms with Crippen molar-refractivity contribution in [2.45, 2.75) is 18.9 Å². The second-order valence-corrected chi connectivity index (χ2v) is 11.4. The number of nitrogens with two attached hydrogens (primary N) is 1. The molecule has 6 rings (SSSR count). The summed E-state index contributed by atoms with van der Waals surface area (Å²) in [6, 6.07) is 15.5. The highest BCUT2D eigenvalue weighted by Gasteiger charge is 2.18. The summed E-state index contributed by atoms with van der Waals surface area (Å²) in [5.74, 6) is 0.811. The number of amides is 1. The molecule has 5 N–H and O–H groups in total. The van der Waals surface area contributed by atoms with Gasteiger partial charge in [-0.3, -0.25) is 20.5 Å². The maximum Gasteiger partial charge on any atom is 0.286 e. The smallest absolute Gasteiger partial charge is 0.286 e. The van der Waals surface area contributed by atoms with Crippen LogP contribution in [-0.2, 0) is 7.05 Å². The lowest BCUT2D eigenvalue weighted by molar-refractivity contribution is 0.0881. The number of pyridine rings is 1. The second-order valence-electron chi connectivity index (χ2n) is 10.5. The Balaban J connectivity index is 1.20. The molecule has 5 aromatic rings. The molecule has 0 radical (unpaired) electrons. The summed E-state index contributed by atoms with van der Waals surface area (Å²) in [6.45, 7) is 2.65. The molecule has 1 aliphatic heterocycles. The molecule has 1 saturated heterocycles. The number of carbonyl (C=O) groups is 1. The van der Waals surface area contributed by atoms with Crippen LogP contribution in [0, 0.1) is 0 Å². The van der Waals surface area contributed by atoms with E-state index in [0.29, 0.717) is 22.9 Å². The first kappa shape index (κ1) is 27.8. The molecular formula is C32H34N6O3S. The zero-order chi connectivity index (χ0) is 29.2. The minimum absolute atomic E-state index is 0.173. The zero-order valence-electron chi connectivity index (χ0n) is 23.6. The number of anilines is 2. The van der Waals surface area contributed by atoms with Crippen molar-refractivity contribution >= 4 is 55.8 Å². The number of fused-ring (bicyclic) bond motifs is 2. The molecular weight excluding hydrogens is 548 g/mol. The van der Waals surface area contributed by atoms with Gasteiger partial charge >= 0.3 is 0 Å². The number of aryl methyl sites for hydroxylation is 1. The van der Waals surface area contributed by atoms with Crippen LogP contribution in [0.15, 0.2) is 66.2 Å². The van der Waals surface area contributed by atoms with Crippen LogP contribution in [0.5, 0.6) is 5.75 Å². The van der Waals surface area contributed by atoms with Gasteiger partial charge in [-0.2, -0.15) is 0 Å². The van der Waals surface area contributed by atoms with Crippen LogP contribution in [0.25, 0.3) is 38.2 Å². The molecule has 0 bridgehead atoms. The number of ether oxygens (including phenoxy) is 1. The molecule has 0 spiro atoms. The van der Waals surface area contributed by atoms with E-state index in [4.69, 9.17) is 10.5 Å². The molecule has 1 amide bonds. The van der Waals surface area contributed by atoms with E-state index in [2.05, 4.69) is 38.3 Å². The van der Waals surface area contributed by atoms with Crippen molar-refractivity contribution in [3.63, 3.8) is 0 Å². The topological polar surface area (TPSA) is 118 Å². The van der Waals surface area contributed by atoms with Gasteiger partial charge in [0.2, 0.25) is 0 Å². The molecule has 2 aromatic carbocycles. The minimum Gasteiger partial charge on any atom is -0.494 e. The van der Waals surface area contributed by atoms with Crippen molar-refractivity contribution in [3.05, 3.63) is 77.4 Å². The molecule has 10 heteroatoms. The van der Waals surface area contributed by atoms with E-state index in [0.717, 1.165) is 70.2 Å². The molecule has 1 fully saturated rings. The molecule has 0 unspecified atom stereocenters. The average molecular weight is 583 g/mol. The van der Waals surface area contributed by atoms with E-state index in [1.54, 1.807) is 18.4 Å². The standard InChI is InChI=1S/C32H34N6O3S/c1-37-26-8-4-3-6-21(26)16-27(37)32(40)36-35-25-10-9-20(17-28(25)41-2)24-19-42-30-22(18-34-31(33)29(24)30)7-5-13-38-14-11-23(39)12-15-38/h3-10,16-19,23,35,39H,11-15H2,1-2H3,(H2,33,34)(H,36,40)/b7-5+. The zero-order valence-corrected chi connectivity index (χ0v) is 24.4. The van der Waals surface area contributed by atoms with Crippen LogP contribution in [0.1, 0.15) is 28.9 Å². The van der Waals surface area contributed by atoms with Crippen molar-refractivity contribution in [1.82, 2.24) is 19.9 Å². The number of para-hydroxylation sites is 1. The number of aromatic nitrogens is 2. The number of methoxy groups -OCH3 is 1. The highest BCUT2D eigenvalue weighted by molar-refractivity contribution is 7.18. The third-order valence-electron chi connectivity index (χ3n) is 7.88.